The van der Waals surface area contributed by atoms with E-state index in [4.69, 9.17) is 10.5 Å². The van der Waals surface area contributed by atoms with Crippen molar-refractivity contribution in [3.05, 3.63) is 5.82 Å². The third-order valence-corrected chi connectivity index (χ3v) is 3.14. The summed E-state index contributed by atoms with van der Waals surface area (Å²) in [7, 11) is 1.42. The van der Waals surface area contributed by atoms with Crippen LogP contribution < -0.4 is 5.73 Å². The van der Waals surface area contributed by atoms with Crippen molar-refractivity contribution in [3.8, 4) is 0 Å². The predicted octanol–water partition coefficient (Wildman–Crippen LogP) is 0.834. The van der Waals surface area contributed by atoms with E-state index in [2.05, 4.69) is 15.2 Å². The number of aromatic amines is 1. The number of carbonyl (C=O) groups excluding carboxylic acids is 1. The number of hydrogen-bond donors (Lipinski definition) is 2. The molecule has 1 fully saturated rings. The summed E-state index contributed by atoms with van der Waals surface area (Å²) in [5.41, 5.74) is 5.47. The zero-order valence-corrected chi connectivity index (χ0v) is 9.27. The van der Waals surface area contributed by atoms with Gasteiger partial charge < -0.3 is 10.5 Å². The van der Waals surface area contributed by atoms with Crippen molar-refractivity contribution < 1.29 is 9.53 Å². The lowest BCUT2D eigenvalue weighted by Gasteiger charge is -2.27. The fourth-order valence-corrected chi connectivity index (χ4v) is 2.35. The van der Waals surface area contributed by atoms with Gasteiger partial charge in [0.1, 0.15) is 5.82 Å². The predicted molar refractivity (Wildman–Crippen MR) is 57.5 cm³/mol. The van der Waals surface area contributed by atoms with Crippen LogP contribution in [0.5, 0.6) is 0 Å². The van der Waals surface area contributed by atoms with Crippen molar-refractivity contribution in [1.29, 1.82) is 0 Å². The van der Waals surface area contributed by atoms with E-state index < -0.39 is 0 Å². The monoisotopic (exact) mass is 224 g/mol. The summed E-state index contributed by atoms with van der Waals surface area (Å²) in [5.74, 6) is 0.702. The Kier molecular flexibility index (Phi) is 3.07. The third kappa shape index (κ3) is 2.00. The summed E-state index contributed by atoms with van der Waals surface area (Å²) in [6.07, 6.45) is 3.92. The molecule has 1 aliphatic rings. The Morgan fingerprint density at radius 1 is 1.50 bits per heavy atom. The van der Waals surface area contributed by atoms with Gasteiger partial charge in [0.2, 0.25) is 5.95 Å². The third-order valence-electron chi connectivity index (χ3n) is 3.14. The van der Waals surface area contributed by atoms with E-state index in [1.54, 1.807) is 0 Å². The lowest BCUT2D eigenvalue weighted by atomic mass is 9.79. The van der Waals surface area contributed by atoms with Gasteiger partial charge >= 0.3 is 5.97 Å². The first-order valence-electron chi connectivity index (χ1n) is 5.48. The molecule has 0 aliphatic heterocycles. The first-order chi connectivity index (χ1) is 7.72. The molecule has 1 aromatic heterocycles. The number of aromatic nitrogens is 3. The van der Waals surface area contributed by atoms with E-state index >= 15 is 0 Å². The van der Waals surface area contributed by atoms with Crippen LogP contribution in [0, 0.1) is 5.92 Å². The number of H-pyrrole nitrogens is 1. The maximum absolute atomic E-state index is 11.6. The van der Waals surface area contributed by atoms with E-state index in [9.17, 15) is 4.79 Å². The molecule has 6 nitrogen and oxygen atoms in total. The highest BCUT2D eigenvalue weighted by atomic mass is 16.5. The minimum atomic E-state index is -0.167. The number of nitrogens with zero attached hydrogens (tertiary/aromatic N) is 2. The van der Waals surface area contributed by atoms with Gasteiger partial charge in [-0.05, 0) is 12.8 Å². The zero-order chi connectivity index (χ0) is 11.5. The molecule has 16 heavy (non-hydrogen) atoms. The zero-order valence-electron chi connectivity index (χ0n) is 9.27. The second-order valence-corrected chi connectivity index (χ2v) is 4.10. The number of rotatable bonds is 2. The molecule has 2 atom stereocenters. The number of nitrogen functional groups attached to an aromatic ring is 1. The fourth-order valence-electron chi connectivity index (χ4n) is 2.35. The Balaban J connectivity index is 2.19. The number of methoxy groups -OCH3 is 1. The van der Waals surface area contributed by atoms with Crippen LogP contribution in [0.2, 0.25) is 0 Å². The summed E-state index contributed by atoms with van der Waals surface area (Å²) < 4.78 is 4.82. The molecule has 0 amide bonds. The molecule has 1 heterocycles. The van der Waals surface area contributed by atoms with Crippen LogP contribution in [0.3, 0.4) is 0 Å². The molecule has 1 aromatic rings. The van der Waals surface area contributed by atoms with Crippen LogP contribution in [-0.4, -0.2) is 28.3 Å². The summed E-state index contributed by atoms with van der Waals surface area (Å²) in [6, 6.07) is 0. The van der Waals surface area contributed by atoms with Gasteiger partial charge in [-0.2, -0.15) is 4.98 Å². The molecule has 0 unspecified atom stereocenters. The summed E-state index contributed by atoms with van der Waals surface area (Å²) >= 11 is 0. The van der Waals surface area contributed by atoms with Crippen molar-refractivity contribution in [2.45, 2.75) is 31.6 Å². The molecule has 1 aliphatic carbocycles. The van der Waals surface area contributed by atoms with Gasteiger partial charge in [0.15, 0.2) is 0 Å². The van der Waals surface area contributed by atoms with Gasteiger partial charge in [0.25, 0.3) is 0 Å². The van der Waals surface area contributed by atoms with Gasteiger partial charge in [0.05, 0.1) is 13.0 Å². The van der Waals surface area contributed by atoms with Crippen molar-refractivity contribution in [3.63, 3.8) is 0 Å². The Labute approximate surface area is 93.6 Å². The van der Waals surface area contributed by atoms with Crippen molar-refractivity contribution in [2.24, 2.45) is 5.92 Å². The van der Waals surface area contributed by atoms with Crippen LogP contribution in [0.4, 0.5) is 5.95 Å². The minimum Gasteiger partial charge on any atom is -0.469 e. The quantitative estimate of drug-likeness (QED) is 0.726. The molecule has 6 heteroatoms. The van der Waals surface area contributed by atoms with Gasteiger partial charge in [0, 0.05) is 5.92 Å². The molecule has 3 N–H and O–H groups in total. The number of nitrogens with one attached hydrogen (secondary N) is 1. The second-order valence-electron chi connectivity index (χ2n) is 4.10. The Morgan fingerprint density at radius 3 is 2.88 bits per heavy atom. The van der Waals surface area contributed by atoms with Gasteiger partial charge in [-0.1, -0.05) is 12.8 Å². The van der Waals surface area contributed by atoms with Crippen LogP contribution in [0.25, 0.3) is 0 Å². The van der Waals surface area contributed by atoms with Gasteiger partial charge in [-0.15, -0.1) is 5.10 Å². The van der Waals surface area contributed by atoms with Crippen LogP contribution >= 0.6 is 0 Å². The molecule has 0 saturated heterocycles. The number of carbonyl (C=O) groups is 1. The Hall–Kier alpha value is -1.59. The van der Waals surface area contributed by atoms with E-state index in [1.807, 2.05) is 0 Å². The van der Waals surface area contributed by atoms with Crippen molar-refractivity contribution >= 4 is 11.9 Å². The Bertz CT molecular complexity index is 377. The first kappa shape index (κ1) is 10.9. The number of anilines is 1. The first-order valence-corrected chi connectivity index (χ1v) is 5.48. The summed E-state index contributed by atoms with van der Waals surface area (Å²) in [5, 5.41) is 6.59. The minimum absolute atomic E-state index is 0.0611. The SMILES string of the molecule is COC(=O)[C@@H]1CCCC[C@@H]1c1nc(N)n[nH]1. The molecular weight excluding hydrogens is 208 g/mol. The van der Waals surface area contributed by atoms with Crippen LogP contribution in [0.1, 0.15) is 37.4 Å². The second kappa shape index (κ2) is 4.51. The molecule has 0 aromatic carbocycles. The largest absolute Gasteiger partial charge is 0.469 e. The highest BCUT2D eigenvalue weighted by molar-refractivity contribution is 5.73. The van der Waals surface area contributed by atoms with E-state index in [0.717, 1.165) is 25.7 Å². The maximum Gasteiger partial charge on any atom is 0.309 e. The smallest absolute Gasteiger partial charge is 0.309 e. The average Bonchev–Trinajstić information content (AvgIpc) is 2.75. The average molecular weight is 224 g/mol. The highest BCUT2D eigenvalue weighted by Gasteiger charge is 2.34. The van der Waals surface area contributed by atoms with E-state index in [-0.39, 0.29) is 23.8 Å². The number of ether oxygens (including phenoxy) is 1. The summed E-state index contributed by atoms with van der Waals surface area (Å²) in [6.45, 7) is 0. The Morgan fingerprint density at radius 2 is 2.25 bits per heavy atom. The lowest BCUT2D eigenvalue weighted by molar-refractivity contribution is -0.147. The molecule has 2 rings (SSSR count). The lowest BCUT2D eigenvalue weighted by Crippen LogP contribution is -2.27. The molecular formula is C10H16N4O2. The van der Waals surface area contributed by atoms with Crippen LogP contribution in [-0.2, 0) is 9.53 Å². The molecule has 1 saturated carbocycles. The van der Waals surface area contributed by atoms with Crippen molar-refractivity contribution in [2.75, 3.05) is 12.8 Å². The molecule has 0 spiro atoms. The standard InChI is InChI=1S/C10H16N4O2/c1-16-9(15)7-5-3-2-4-6(7)8-12-10(11)14-13-8/h6-7H,2-5H2,1H3,(H3,11,12,13,14)/t6-,7+/m0/s1. The molecule has 0 bridgehead atoms. The molecule has 0 radical (unpaired) electrons. The van der Waals surface area contributed by atoms with Crippen LogP contribution in [0.15, 0.2) is 0 Å². The fraction of sp³-hybridized carbons (Fsp3) is 0.700. The highest BCUT2D eigenvalue weighted by Crippen LogP contribution is 2.36. The number of hydrogen-bond acceptors (Lipinski definition) is 5. The molecule has 88 valence electrons. The van der Waals surface area contributed by atoms with Crippen molar-refractivity contribution in [1.82, 2.24) is 15.2 Å². The number of esters is 1. The summed E-state index contributed by atoms with van der Waals surface area (Å²) in [4.78, 5) is 15.7. The van der Waals surface area contributed by atoms with Gasteiger partial charge in [-0.3, -0.25) is 9.89 Å². The number of nitrogens with two attached hydrogens (primary N) is 1. The normalized spacial score (nSPS) is 25.3. The van der Waals surface area contributed by atoms with Gasteiger partial charge in [-0.25, -0.2) is 0 Å². The topological polar surface area (TPSA) is 93.9 Å². The maximum atomic E-state index is 11.6. The van der Waals surface area contributed by atoms with E-state index in [1.165, 1.54) is 7.11 Å². The van der Waals surface area contributed by atoms with E-state index in [0.29, 0.717) is 5.82 Å².